The number of amides is 1. The van der Waals surface area contributed by atoms with E-state index in [-0.39, 0.29) is 5.91 Å². The minimum Gasteiger partial charge on any atom is -0.480 e. The molecule has 0 aliphatic heterocycles. The lowest BCUT2D eigenvalue weighted by Crippen LogP contribution is -2.49. The molecule has 5 nitrogen and oxygen atoms in total. The summed E-state index contributed by atoms with van der Waals surface area (Å²) >= 11 is 0. The summed E-state index contributed by atoms with van der Waals surface area (Å²) in [4.78, 5) is 22.1. The van der Waals surface area contributed by atoms with Gasteiger partial charge in [-0.2, -0.15) is 0 Å². The van der Waals surface area contributed by atoms with Crippen molar-refractivity contribution in [2.75, 3.05) is 0 Å². The van der Waals surface area contributed by atoms with Crippen molar-refractivity contribution >= 4 is 11.9 Å². The number of carboxylic acid groups (broad SMARTS) is 1. The van der Waals surface area contributed by atoms with Gasteiger partial charge in [-0.15, -0.1) is 0 Å². The van der Waals surface area contributed by atoms with Gasteiger partial charge in [-0.25, -0.2) is 4.79 Å². The van der Waals surface area contributed by atoms with Gasteiger partial charge in [-0.1, -0.05) is 13.3 Å². The van der Waals surface area contributed by atoms with Crippen LogP contribution in [0.1, 0.15) is 32.6 Å². The zero-order valence-corrected chi connectivity index (χ0v) is 8.25. The summed E-state index contributed by atoms with van der Waals surface area (Å²) in [5.41, 5.74) is 4.84. The van der Waals surface area contributed by atoms with Gasteiger partial charge in [0.1, 0.15) is 6.04 Å². The Morgan fingerprint density at radius 1 is 1.57 bits per heavy atom. The maximum atomic E-state index is 11.4. The SMILES string of the molecule is CCC[C@@H](NC(=O)C1(N)CC1)C(=O)O. The first kappa shape index (κ1) is 11.0. The molecule has 0 aromatic heterocycles. The molecule has 5 heteroatoms. The molecular weight excluding hydrogens is 184 g/mol. The molecule has 0 bridgehead atoms. The molecule has 1 saturated carbocycles. The van der Waals surface area contributed by atoms with E-state index in [9.17, 15) is 9.59 Å². The summed E-state index contributed by atoms with van der Waals surface area (Å²) < 4.78 is 0. The van der Waals surface area contributed by atoms with E-state index in [2.05, 4.69) is 5.32 Å². The lowest BCUT2D eigenvalue weighted by atomic mass is 10.1. The first-order valence-electron chi connectivity index (χ1n) is 4.82. The molecule has 0 heterocycles. The molecule has 0 aromatic rings. The third kappa shape index (κ3) is 2.45. The van der Waals surface area contributed by atoms with Gasteiger partial charge in [0.25, 0.3) is 0 Å². The summed E-state index contributed by atoms with van der Waals surface area (Å²) in [6.07, 6.45) is 2.46. The Bertz CT molecular complexity index is 248. The first-order chi connectivity index (χ1) is 6.49. The Balaban J connectivity index is 2.46. The van der Waals surface area contributed by atoms with Gasteiger partial charge >= 0.3 is 5.97 Å². The summed E-state index contributed by atoms with van der Waals surface area (Å²) in [5.74, 6) is -1.33. The van der Waals surface area contributed by atoms with Crippen LogP contribution in [-0.2, 0) is 9.59 Å². The number of hydrogen-bond donors (Lipinski definition) is 3. The second kappa shape index (κ2) is 3.96. The lowest BCUT2D eigenvalue weighted by molar-refractivity contribution is -0.142. The highest BCUT2D eigenvalue weighted by Crippen LogP contribution is 2.32. The van der Waals surface area contributed by atoms with Crippen LogP contribution in [0.4, 0.5) is 0 Å². The van der Waals surface area contributed by atoms with Gasteiger partial charge in [0.2, 0.25) is 5.91 Å². The highest BCUT2D eigenvalue weighted by molar-refractivity contribution is 5.92. The van der Waals surface area contributed by atoms with Crippen molar-refractivity contribution in [2.45, 2.75) is 44.2 Å². The molecule has 1 amide bonds. The van der Waals surface area contributed by atoms with Gasteiger partial charge in [0.05, 0.1) is 5.54 Å². The Labute approximate surface area is 82.7 Å². The van der Waals surface area contributed by atoms with E-state index in [1.165, 1.54) is 0 Å². The zero-order chi connectivity index (χ0) is 10.8. The van der Waals surface area contributed by atoms with Crippen molar-refractivity contribution in [3.05, 3.63) is 0 Å². The molecule has 4 N–H and O–H groups in total. The van der Waals surface area contributed by atoms with E-state index < -0.39 is 17.6 Å². The molecule has 1 fully saturated rings. The average molecular weight is 200 g/mol. The number of rotatable bonds is 5. The Morgan fingerprint density at radius 2 is 2.14 bits per heavy atom. The van der Waals surface area contributed by atoms with Gasteiger partial charge in [0, 0.05) is 0 Å². The maximum Gasteiger partial charge on any atom is 0.326 e. The number of carbonyl (C=O) groups excluding carboxylic acids is 1. The van der Waals surface area contributed by atoms with Crippen molar-refractivity contribution in [3.8, 4) is 0 Å². The zero-order valence-electron chi connectivity index (χ0n) is 8.25. The Morgan fingerprint density at radius 3 is 2.50 bits per heavy atom. The second-order valence-corrected chi connectivity index (χ2v) is 3.81. The van der Waals surface area contributed by atoms with E-state index in [1.54, 1.807) is 0 Å². The van der Waals surface area contributed by atoms with E-state index >= 15 is 0 Å². The molecule has 0 radical (unpaired) electrons. The topological polar surface area (TPSA) is 92.4 Å². The molecule has 1 aliphatic carbocycles. The van der Waals surface area contributed by atoms with E-state index in [4.69, 9.17) is 10.8 Å². The molecule has 1 aliphatic rings. The summed E-state index contributed by atoms with van der Waals surface area (Å²) in [6.45, 7) is 1.87. The van der Waals surface area contributed by atoms with Crippen LogP contribution in [-0.4, -0.2) is 28.6 Å². The molecule has 80 valence electrons. The third-order valence-electron chi connectivity index (χ3n) is 2.42. The molecule has 0 spiro atoms. The monoisotopic (exact) mass is 200 g/mol. The molecular formula is C9H16N2O3. The first-order valence-corrected chi connectivity index (χ1v) is 4.82. The van der Waals surface area contributed by atoms with Gasteiger partial charge < -0.3 is 16.2 Å². The van der Waals surface area contributed by atoms with Crippen molar-refractivity contribution in [3.63, 3.8) is 0 Å². The standard InChI is InChI=1S/C9H16N2O3/c1-2-3-6(7(12)13)11-8(14)9(10)4-5-9/h6H,2-5,10H2,1H3,(H,11,14)(H,12,13)/t6-/m1/s1. The molecule has 14 heavy (non-hydrogen) atoms. The average Bonchev–Trinajstić information content (AvgIpc) is 2.84. The summed E-state index contributed by atoms with van der Waals surface area (Å²) in [5, 5.41) is 11.2. The van der Waals surface area contributed by atoms with Crippen molar-refractivity contribution in [2.24, 2.45) is 5.73 Å². The second-order valence-electron chi connectivity index (χ2n) is 3.81. The lowest BCUT2D eigenvalue weighted by Gasteiger charge is -2.16. The maximum absolute atomic E-state index is 11.4. The largest absolute Gasteiger partial charge is 0.480 e. The van der Waals surface area contributed by atoms with Crippen molar-refractivity contribution in [1.29, 1.82) is 0 Å². The number of carbonyl (C=O) groups is 2. The predicted molar refractivity (Wildman–Crippen MR) is 50.6 cm³/mol. The van der Waals surface area contributed by atoms with E-state index in [1.807, 2.05) is 6.92 Å². The van der Waals surface area contributed by atoms with Crippen molar-refractivity contribution < 1.29 is 14.7 Å². The van der Waals surface area contributed by atoms with Crippen LogP contribution in [0, 0.1) is 0 Å². The predicted octanol–water partition coefficient (Wildman–Crippen LogP) is -0.153. The highest BCUT2D eigenvalue weighted by Gasteiger charge is 2.46. The van der Waals surface area contributed by atoms with Gasteiger partial charge in [-0.05, 0) is 19.3 Å². The van der Waals surface area contributed by atoms with Gasteiger partial charge in [-0.3, -0.25) is 4.79 Å². The summed E-state index contributed by atoms with van der Waals surface area (Å²) in [6, 6.07) is -0.798. The van der Waals surface area contributed by atoms with Crippen LogP contribution in [0.3, 0.4) is 0 Å². The minimum absolute atomic E-state index is 0.335. The molecule has 0 unspecified atom stereocenters. The molecule has 0 saturated heterocycles. The van der Waals surface area contributed by atoms with Crippen LogP contribution in [0.2, 0.25) is 0 Å². The molecule has 1 atom stereocenters. The van der Waals surface area contributed by atoms with Crippen LogP contribution < -0.4 is 11.1 Å². The fourth-order valence-electron chi connectivity index (χ4n) is 1.21. The third-order valence-corrected chi connectivity index (χ3v) is 2.42. The smallest absolute Gasteiger partial charge is 0.326 e. The van der Waals surface area contributed by atoms with Crippen LogP contribution in [0.15, 0.2) is 0 Å². The highest BCUT2D eigenvalue weighted by atomic mass is 16.4. The van der Waals surface area contributed by atoms with Crippen LogP contribution in [0.5, 0.6) is 0 Å². The van der Waals surface area contributed by atoms with E-state index in [0.717, 1.165) is 6.42 Å². The Hall–Kier alpha value is -1.10. The number of nitrogens with one attached hydrogen (secondary N) is 1. The number of carboxylic acids is 1. The Kier molecular flexibility index (Phi) is 3.10. The fourth-order valence-corrected chi connectivity index (χ4v) is 1.21. The van der Waals surface area contributed by atoms with Crippen LogP contribution >= 0.6 is 0 Å². The molecule has 0 aromatic carbocycles. The normalized spacial score (nSPS) is 19.9. The number of hydrogen-bond acceptors (Lipinski definition) is 3. The van der Waals surface area contributed by atoms with Crippen LogP contribution in [0.25, 0.3) is 0 Å². The van der Waals surface area contributed by atoms with Gasteiger partial charge in [0.15, 0.2) is 0 Å². The van der Waals surface area contributed by atoms with E-state index in [0.29, 0.717) is 19.3 Å². The molecule has 1 rings (SSSR count). The minimum atomic E-state index is -0.996. The number of aliphatic carboxylic acids is 1. The summed E-state index contributed by atoms with van der Waals surface area (Å²) in [7, 11) is 0. The fraction of sp³-hybridized carbons (Fsp3) is 0.778. The quantitative estimate of drug-likeness (QED) is 0.575. The van der Waals surface area contributed by atoms with Crippen molar-refractivity contribution in [1.82, 2.24) is 5.32 Å². The number of nitrogens with two attached hydrogens (primary N) is 1.